The van der Waals surface area contributed by atoms with E-state index in [-0.39, 0.29) is 5.69 Å². The third kappa shape index (κ3) is 1.93. The maximum atomic E-state index is 11.9. The van der Waals surface area contributed by atoms with Crippen LogP contribution in [0.2, 0.25) is 0 Å². The molecule has 0 bridgehead atoms. The first kappa shape index (κ1) is 8.04. The quantitative estimate of drug-likeness (QED) is 0.561. The Hall–Kier alpha value is -1.06. The molecular formula is C7H3F3N. The molecule has 0 spiro atoms. The minimum absolute atomic E-state index is 0.163. The highest BCUT2D eigenvalue weighted by molar-refractivity contribution is 5.14. The molecule has 0 amide bonds. The van der Waals surface area contributed by atoms with Crippen molar-refractivity contribution in [3.05, 3.63) is 29.6 Å². The Balaban J connectivity index is 3.06. The van der Waals surface area contributed by atoms with Gasteiger partial charge in [0.25, 0.3) is 0 Å². The van der Waals surface area contributed by atoms with Gasteiger partial charge in [0.05, 0.1) is 11.8 Å². The van der Waals surface area contributed by atoms with E-state index in [1.54, 1.807) is 0 Å². The van der Waals surface area contributed by atoms with Crippen molar-refractivity contribution in [3.63, 3.8) is 0 Å². The molecule has 1 nitrogen and oxygen atoms in total. The molecule has 3 radical (unpaired) electrons. The second-order valence-corrected chi connectivity index (χ2v) is 1.93. The zero-order valence-electron chi connectivity index (χ0n) is 5.58. The van der Waals surface area contributed by atoms with E-state index in [9.17, 15) is 13.2 Å². The zero-order chi connectivity index (χ0) is 8.48. The molecule has 0 N–H and O–H groups in total. The first-order chi connectivity index (χ1) is 5.00. The molecular weight excluding hydrogens is 155 g/mol. The van der Waals surface area contributed by atoms with Gasteiger partial charge in [0, 0.05) is 17.8 Å². The van der Waals surface area contributed by atoms with E-state index in [0.29, 0.717) is 0 Å². The molecule has 0 fully saturated rings. The van der Waals surface area contributed by atoms with E-state index in [2.05, 4.69) is 4.98 Å². The lowest BCUT2D eigenvalue weighted by molar-refractivity contribution is -0.138. The second-order valence-electron chi connectivity index (χ2n) is 1.93. The monoisotopic (exact) mass is 158 g/mol. The van der Waals surface area contributed by atoms with E-state index in [1.807, 2.05) is 18.3 Å². The van der Waals surface area contributed by atoms with E-state index < -0.39 is 11.7 Å². The molecule has 1 aromatic heterocycles. The SMILES string of the molecule is Cc1[c]c(C(F)(F)F)[c][c]n1. The Morgan fingerprint density at radius 1 is 1.36 bits per heavy atom. The summed E-state index contributed by atoms with van der Waals surface area (Å²) in [6.07, 6.45) is -2.39. The van der Waals surface area contributed by atoms with Gasteiger partial charge in [0.1, 0.15) is 0 Å². The molecule has 1 heterocycles. The minimum Gasteiger partial charge on any atom is -0.250 e. The molecule has 57 valence electrons. The van der Waals surface area contributed by atoms with Crippen molar-refractivity contribution in [2.75, 3.05) is 0 Å². The summed E-state index contributed by atoms with van der Waals surface area (Å²) in [5, 5.41) is 0. The summed E-state index contributed by atoms with van der Waals surface area (Å²) < 4.78 is 35.6. The van der Waals surface area contributed by atoms with Gasteiger partial charge in [-0.05, 0) is 6.92 Å². The van der Waals surface area contributed by atoms with Crippen LogP contribution in [0.3, 0.4) is 0 Å². The van der Waals surface area contributed by atoms with Crippen molar-refractivity contribution in [1.82, 2.24) is 4.98 Å². The fourth-order valence-corrected chi connectivity index (χ4v) is 0.550. The first-order valence-corrected chi connectivity index (χ1v) is 2.76. The standard InChI is InChI=1S/C7H3F3N/c1-5-4-6(2-3-11-5)7(8,9)10/h1H3. The molecule has 11 heavy (non-hydrogen) atoms. The summed E-state index contributed by atoms with van der Waals surface area (Å²) in [4.78, 5) is 3.42. The maximum absolute atomic E-state index is 11.9. The van der Waals surface area contributed by atoms with Crippen LogP contribution in [0.25, 0.3) is 0 Å². The van der Waals surface area contributed by atoms with Gasteiger partial charge in [-0.25, -0.2) is 0 Å². The molecule has 0 aliphatic carbocycles. The van der Waals surface area contributed by atoms with Gasteiger partial charge in [0.2, 0.25) is 0 Å². The molecule has 0 saturated heterocycles. The molecule has 0 atom stereocenters. The Morgan fingerprint density at radius 2 is 2.00 bits per heavy atom. The summed E-state index contributed by atoms with van der Waals surface area (Å²) in [6, 6.07) is 3.86. The number of rotatable bonds is 0. The zero-order valence-corrected chi connectivity index (χ0v) is 5.58. The van der Waals surface area contributed by atoms with Crippen molar-refractivity contribution in [1.29, 1.82) is 0 Å². The number of hydrogen-bond donors (Lipinski definition) is 0. The molecule has 1 aromatic rings. The smallest absolute Gasteiger partial charge is 0.250 e. The average molecular weight is 158 g/mol. The Kier molecular flexibility index (Phi) is 1.85. The van der Waals surface area contributed by atoms with Crippen LogP contribution in [0, 0.1) is 25.3 Å². The molecule has 4 heteroatoms. The van der Waals surface area contributed by atoms with Crippen molar-refractivity contribution in [2.24, 2.45) is 0 Å². The number of alkyl halides is 3. The van der Waals surface area contributed by atoms with Crippen molar-refractivity contribution in [3.8, 4) is 0 Å². The van der Waals surface area contributed by atoms with Crippen LogP contribution in [0.1, 0.15) is 11.3 Å². The third-order valence-corrected chi connectivity index (χ3v) is 0.994. The topological polar surface area (TPSA) is 12.9 Å². The van der Waals surface area contributed by atoms with Crippen LogP contribution in [0.4, 0.5) is 13.2 Å². The fraction of sp³-hybridized carbons (Fsp3) is 0.286. The lowest BCUT2D eigenvalue weighted by atomic mass is 10.2. The predicted octanol–water partition coefficient (Wildman–Crippen LogP) is 1.81. The Bertz CT molecular complexity index is 254. The summed E-state index contributed by atoms with van der Waals surface area (Å²) in [6.45, 7) is 1.42. The summed E-state index contributed by atoms with van der Waals surface area (Å²) >= 11 is 0. The van der Waals surface area contributed by atoms with Gasteiger partial charge >= 0.3 is 6.18 Å². The van der Waals surface area contributed by atoms with Gasteiger partial charge in [-0.3, -0.25) is 4.98 Å². The molecule has 0 saturated carbocycles. The maximum Gasteiger partial charge on any atom is 0.417 e. The van der Waals surface area contributed by atoms with E-state index in [0.717, 1.165) is 0 Å². The molecule has 0 aliphatic rings. The molecule has 0 unspecified atom stereocenters. The van der Waals surface area contributed by atoms with E-state index >= 15 is 0 Å². The third-order valence-electron chi connectivity index (χ3n) is 0.994. The predicted molar refractivity (Wildman–Crippen MR) is 30.5 cm³/mol. The highest BCUT2D eigenvalue weighted by Gasteiger charge is 2.31. The van der Waals surface area contributed by atoms with Gasteiger partial charge in [-0.15, -0.1) is 0 Å². The Morgan fingerprint density at radius 3 is 2.36 bits per heavy atom. The Labute approximate surface area is 61.9 Å². The number of hydrogen-bond acceptors (Lipinski definition) is 1. The van der Waals surface area contributed by atoms with Gasteiger partial charge < -0.3 is 0 Å². The molecule has 0 aliphatic heterocycles. The highest BCUT2D eigenvalue weighted by atomic mass is 19.4. The van der Waals surface area contributed by atoms with Crippen molar-refractivity contribution in [2.45, 2.75) is 13.1 Å². The summed E-state index contributed by atoms with van der Waals surface area (Å²) in [7, 11) is 0. The van der Waals surface area contributed by atoms with Crippen LogP contribution in [0.5, 0.6) is 0 Å². The minimum atomic E-state index is -4.40. The lowest BCUT2D eigenvalue weighted by Gasteiger charge is -2.03. The number of pyridine rings is 1. The average Bonchev–Trinajstić information content (AvgIpc) is 1.86. The lowest BCUT2D eigenvalue weighted by Crippen LogP contribution is -2.06. The normalized spacial score (nSPS) is 11.6. The number of halogens is 3. The first-order valence-electron chi connectivity index (χ1n) is 2.76. The van der Waals surface area contributed by atoms with Gasteiger partial charge in [-0.1, -0.05) is 0 Å². The van der Waals surface area contributed by atoms with Gasteiger partial charge in [0.15, 0.2) is 0 Å². The fourth-order valence-electron chi connectivity index (χ4n) is 0.550. The largest absolute Gasteiger partial charge is 0.417 e. The van der Waals surface area contributed by atoms with Crippen LogP contribution >= 0.6 is 0 Å². The van der Waals surface area contributed by atoms with Crippen LogP contribution in [-0.2, 0) is 6.18 Å². The van der Waals surface area contributed by atoms with Crippen molar-refractivity contribution < 1.29 is 13.2 Å². The van der Waals surface area contributed by atoms with Crippen LogP contribution < -0.4 is 0 Å². The number of aromatic nitrogens is 1. The van der Waals surface area contributed by atoms with Crippen molar-refractivity contribution >= 4 is 0 Å². The highest BCUT2D eigenvalue weighted by Crippen LogP contribution is 2.27. The van der Waals surface area contributed by atoms with E-state index in [1.165, 1.54) is 6.92 Å². The van der Waals surface area contributed by atoms with Crippen LogP contribution in [-0.4, -0.2) is 4.98 Å². The molecule has 0 aromatic carbocycles. The summed E-state index contributed by atoms with van der Waals surface area (Å²) in [5.74, 6) is 0. The van der Waals surface area contributed by atoms with Crippen LogP contribution in [0.15, 0.2) is 0 Å². The number of aryl methyl sites for hydroxylation is 1. The summed E-state index contributed by atoms with van der Waals surface area (Å²) in [5.41, 5.74) is -0.791. The van der Waals surface area contributed by atoms with Gasteiger partial charge in [-0.2, -0.15) is 13.2 Å². The number of nitrogens with zero attached hydrogens (tertiary/aromatic N) is 1. The molecule has 1 rings (SSSR count). The van der Waals surface area contributed by atoms with E-state index in [4.69, 9.17) is 0 Å². The second kappa shape index (κ2) is 2.53.